The van der Waals surface area contributed by atoms with Crippen molar-refractivity contribution in [1.82, 2.24) is 4.90 Å². The van der Waals surface area contributed by atoms with E-state index in [1.807, 2.05) is 11.4 Å². The maximum atomic E-state index is 11.6. The summed E-state index contributed by atoms with van der Waals surface area (Å²) in [5.41, 5.74) is 11.8. The Balaban J connectivity index is 2.28. The molecule has 1 aromatic rings. The molecule has 2 heterocycles. The van der Waals surface area contributed by atoms with Crippen molar-refractivity contribution in [3.63, 3.8) is 0 Å². The van der Waals surface area contributed by atoms with Crippen LogP contribution in [0, 0.1) is 0 Å². The van der Waals surface area contributed by atoms with Crippen LogP contribution in [0.25, 0.3) is 0 Å². The van der Waals surface area contributed by atoms with Gasteiger partial charge in [0.05, 0.1) is 19.3 Å². The van der Waals surface area contributed by atoms with E-state index in [9.17, 15) is 4.79 Å². The predicted octanol–water partition coefficient (Wildman–Crippen LogP) is 0.713. The highest BCUT2D eigenvalue weighted by atomic mass is 32.1. The van der Waals surface area contributed by atoms with Crippen molar-refractivity contribution in [2.24, 2.45) is 11.5 Å². The number of amides is 1. The first-order chi connectivity index (χ1) is 9.15. The average Bonchev–Trinajstić information content (AvgIpc) is 2.93. The summed E-state index contributed by atoms with van der Waals surface area (Å²) in [6.45, 7) is 3.71. The summed E-state index contributed by atoms with van der Waals surface area (Å²) in [7, 11) is 0. The summed E-state index contributed by atoms with van der Waals surface area (Å²) in [6.07, 6.45) is 0.853. The molecule has 0 radical (unpaired) electrons. The zero-order valence-corrected chi connectivity index (χ0v) is 11.9. The van der Waals surface area contributed by atoms with Gasteiger partial charge in [0.15, 0.2) is 0 Å². The first-order valence-electron chi connectivity index (χ1n) is 6.57. The van der Waals surface area contributed by atoms with Crippen LogP contribution in [-0.4, -0.2) is 42.6 Å². The second-order valence-corrected chi connectivity index (χ2v) is 5.74. The van der Waals surface area contributed by atoms with Crippen molar-refractivity contribution in [3.05, 3.63) is 22.4 Å². The zero-order chi connectivity index (χ0) is 13.8. The van der Waals surface area contributed by atoms with Gasteiger partial charge < -0.3 is 16.2 Å². The number of nitrogens with two attached hydrogens (primary N) is 2. The highest BCUT2D eigenvalue weighted by Gasteiger charge is 2.36. The third-order valence-corrected chi connectivity index (χ3v) is 4.51. The summed E-state index contributed by atoms with van der Waals surface area (Å²) >= 11 is 1.67. The number of nitrogens with zero attached hydrogens (tertiary/aromatic N) is 1. The fourth-order valence-electron chi connectivity index (χ4n) is 2.50. The van der Waals surface area contributed by atoms with Gasteiger partial charge in [-0.15, -0.1) is 11.3 Å². The van der Waals surface area contributed by atoms with Crippen LogP contribution in [0.2, 0.25) is 0 Å². The molecule has 6 heteroatoms. The van der Waals surface area contributed by atoms with Gasteiger partial charge in [0.2, 0.25) is 5.91 Å². The van der Waals surface area contributed by atoms with Crippen molar-refractivity contribution >= 4 is 17.2 Å². The Bertz CT molecular complexity index is 410. The van der Waals surface area contributed by atoms with Gasteiger partial charge in [0.1, 0.15) is 6.04 Å². The van der Waals surface area contributed by atoms with Gasteiger partial charge in [-0.2, -0.15) is 0 Å². The maximum Gasteiger partial charge on any atom is 0.237 e. The van der Waals surface area contributed by atoms with E-state index in [-0.39, 0.29) is 18.0 Å². The highest BCUT2D eigenvalue weighted by Crippen LogP contribution is 2.31. The molecule has 1 amide bonds. The normalized spacial score (nSPS) is 24.0. The molecule has 4 N–H and O–H groups in total. The van der Waals surface area contributed by atoms with Crippen LogP contribution < -0.4 is 11.5 Å². The van der Waals surface area contributed by atoms with E-state index < -0.39 is 6.04 Å². The Kier molecular flexibility index (Phi) is 4.93. The topological polar surface area (TPSA) is 81.6 Å². The van der Waals surface area contributed by atoms with Crippen LogP contribution >= 0.6 is 11.3 Å². The third-order valence-electron chi connectivity index (χ3n) is 3.57. The molecule has 0 saturated carbocycles. The fourth-order valence-corrected chi connectivity index (χ4v) is 3.42. The predicted molar refractivity (Wildman–Crippen MR) is 75.8 cm³/mol. The molecule has 3 atom stereocenters. The van der Waals surface area contributed by atoms with Crippen LogP contribution in [-0.2, 0) is 9.53 Å². The van der Waals surface area contributed by atoms with E-state index in [0.29, 0.717) is 19.8 Å². The lowest BCUT2D eigenvalue weighted by atomic mass is 10.00. The van der Waals surface area contributed by atoms with Crippen LogP contribution in [0.1, 0.15) is 24.3 Å². The third kappa shape index (κ3) is 3.14. The number of hydrogen-bond donors (Lipinski definition) is 2. The van der Waals surface area contributed by atoms with Gasteiger partial charge in [-0.1, -0.05) is 13.0 Å². The van der Waals surface area contributed by atoms with E-state index in [0.717, 1.165) is 6.42 Å². The molecule has 3 unspecified atom stereocenters. The van der Waals surface area contributed by atoms with E-state index in [2.05, 4.69) is 17.9 Å². The molecule has 0 spiro atoms. The molecule has 2 rings (SSSR count). The minimum atomic E-state index is -0.390. The second-order valence-electron chi connectivity index (χ2n) is 4.76. The molecule has 1 aliphatic heterocycles. The number of primary amides is 1. The van der Waals surface area contributed by atoms with Gasteiger partial charge in [-0.3, -0.25) is 9.69 Å². The van der Waals surface area contributed by atoms with Crippen molar-refractivity contribution in [2.45, 2.75) is 31.5 Å². The molecule has 1 fully saturated rings. The van der Waals surface area contributed by atoms with Gasteiger partial charge in [0.25, 0.3) is 0 Å². The Morgan fingerprint density at radius 1 is 1.68 bits per heavy atom. The van der Waals surface area contributed by atoms with Gasteiger partial charge >= 0.3 is 0 Å². The Hall–Kier alpha value is -0.950. The summed E-state index contributed by atoms with van der Waals surface area (Å²) in [5.74, 6) is -0.343. The molecule has 1 aromatic heterocycles. The lowest BCUT2D eigenvalue weighted by Gasteiger charge is -2.41. The summed E-state index contributed by atoms with van der Waals surface area (Å²) in [5, 5.41) is 2.03. The average molecular weight is 283 g/mol. The van der Waals surface area contributed by atoms with Crippen molar-refractivity contribution in [1.29, 1.82) is 0 Å². The Labute approximate surface area is 117 Å². The molecule has 5 nitrogen and oxygen atoms in total. The molecule has 0 bridgehead atoms. The monoisotopic (exact) mass is 283 g/mol. The molecular weight excluding hydrogens is 262 g/mol. The standard InChI is InChI=1S/C13H21N3O2S/c1-2-9(14)12(11-4-3-7-19-11)16-5-6-18-8-10(16)13(15)17/h3-4,7,9-10,12H,2,5-6,8,14H2,1H3,(H2,15,17). The minimum absolute atomic E-state index is 0.0152. The van der Waals surface area contributed by atoms with E-state index in [1.165, 1.54) is 4.88 Å². The van der Waals surface area contributed by atoms with Gasteiger partial charge in [-0.25, -0.2) is 0 Å². The van der Waals surface area contributed by atoms with Crippen LogP contribution in [0.5, 0.6) is 0 Å². The lowest BCUT2D eigenvalue weighted by molar-refractivity contribution is -0.131. The maximum absolute atomic E-state index is 11.6. The second kappa shape index (κ2) is 6.47. The number of thiophene rings is 1. The van der Waals surface area contributed by atoms with Crippen LogP contribution in [0.15, 0.2) is 17.5 Å². The summed E-state index contributed by atoms with van der Waals surface area (Å²) in [4.78, 5) is 14.9. The first-order valence-corrected chi connectivity index (χ1v) is 7.45. The molecule has 0 aliphatic carbocycles. The first kappa shape index (κ1) is 14.5. The van der Waals surface area contributed by atoms with E-state index in [1.54, 1.807) is 11.3 Å². The number of ether oxygens (including phenoxy) is 1. The van der Waals surface area contributed by atoms with Crippen molar-refractivity contribution < 1.29 is 9.53 Å². The van der Waals surface area contributed by atoms with Crippen molar-refractivity contribution in [2.75, 3.05) is 19.8 Å². The lowest BCUT2D eigenvalue weighted by Crippen LogP contribution is -2.56. The number of hydrogen-bond acceptors (Lipinski definition) is 5. The SMILES string of the molecule is CCC(N)C(c1cccs1)N1CCOCC1C(N)=O. The quantitative estimate of drug-likeness (QED) is 0.834. The van der Waals surface area contributed by atoms with E-state index >= 15 is 0 Å². The van der Waals surface area contributed by atoms with Gasteiger partial charge in [0, 0.05) is 17.5 Å². The largest absolute Gasteiger partial charge is 0.378 e. The number of carbonyl (C=O) groups excluding carboxylic acids is 1. The number of rotatable bonds is 5. The minimum Gasteiger partial charge on any atom is -0.378 e. The van der Waals surface area contributed by atoms with E-state index in [4.69, 9.17) is 16.2 Å². The number of morpholine rings is 1. The van der Waals surface area contributed by atoms with Crippen molar-refractivity contribution in [3.8, 4) is 0 Å². The molecule has 0 aromatic carbocycles. The molecule has 106 valence electrons. The fraction of sp³-hybridized carbons (Fsp3) is 0.615. The molecule has 1 saturated heterocycles. The number of carbonyl (C=O) groups is 1. The molecule has 19 heavy (non-hydrogen) atoms. The smallest absolute Gasteiger partial charge is 0.237 e. The van der Waals surface area contributed by atoms with Crippen LogP contribution in [0.4, 0.5) is 0 Å². The summed E-state index contributed by atoms with van der Waals surface area (Å²) in [6, 6.07) is 3.71. The zero-order valence-electron chi connectivity index (χ0n) is 11.1. The van der Waals surface area contributed by atoms with Crippen LogP contribution in [0.3, 0.4) is 0 Å². The Morgan fingerprint density at radius 2 is 2.47 bits per heavy atom. The Morgan fingerprint density at radius 3 is 3.05 bits per heavy atom. The van der Waals surface area contributed by atoms with Gasteiger partial charge in [-0.05, 0) is 17.9 Å². The molecule has 1 aliphatic rings. The summed E-state index contributed by atoms with van der Waals surface area (Å²) < 4.78 is 5.37. The molecular formula is C13H21N3O2S. The highest BCUT2D eigenvalue weighted by molar-refractivity contribution is 7.10.